The SMILES string of the molecule is COc1ccc(CC(=O)O)cc1NCc1cnc(Cl)s1. The molecule has 1 aromatic carbocycles. The van der Waals surface area contributed by atoms with Crippen LogP contribution in [0.5, 0.6) is 5.75 Å². The quantitative estimate of drug-likeness (QED) is 0.858. The summed E-state index contributed by atoms with van der Waals surface area (Å²) in [4.78, 5) is 15.7. The number of aliphatic carboxylic acids is 1. The fourth-order valence-electron chi connectivity index (χ4n) is 1.73. The summed E-state index contributed by atoms with van der Waals surface area (Å²) in [5, 5.41) is 12.0. The summed E-state index contributed by atoms with van der Waals surface area (Å²) in [6.45, 7) is 0.553. The molecule has 1 aromatic heterocycles. The van der Waals surface area contributed by atoms with Crippen molar-refractivity contribution in [1.29, 1.82) is 0 Å². The van der Waals surface area contributed by atoms with Crippen LogP contribution in [0.25, 0.3) is 0 Å². The molecule has 2 rings (SSSR count). The van der Waals surface area contributed by atoms with Crippen LogP contribution in [-0.4, -0.2) is 23.2 Å². The maximum absolute atomic E-state index is 10.7. The number of ether oxygens (including phenoxy) is 1. The number of nitrogens with zero attached hydrogens (tertiary/aromatic N) is 1. The monoisotopic (exact) mass is 312 g/mol. The predicted molar refractivity (Wildman–Crippen MR) is 78.8 cm³/mol. The van der Waals surface area contributed by atoms with E-state index in [9.17, 15) is 4.79 Å². The number of rotatable bonds is 6. The molecule has 1 heterocycles. The molecule has 0 aliphatic carbocycles. The van der Waals surface area contributed by atoms with Crippen LogP contribution < -0.4 is 10.1 Å². The van der Waals surface area contributed by atoms with E-state index in [1.807, 2.05) is 0 Å². The Kier molecular flexibility index (Phi) is 4.81. The Morgan fingerprint density at radius 3 is 2.95 bits per heavy atom. The topological polar surface area (TPSA) is 71.5 Å². The van der Waals surface area contributed by atoms with E-state index in [1.165, 1.54) is 11.3 Å². The molecule has 0 unspecified atom stereocenters. The van der Waals surface area contributed by atoms with Crippen molar-refractivity contribution >= 4 is 34.6 Å². The summed E-state index contributed by atoms with van der Waals surface area (Å²) in [6.07, 6.45) is 1.68. The normalized spacial score (nSPS) is 10.3. The van der Waals surface area contributed by atoms with Gasteiger partial charge in [0.15, 0.2) is 4.47 Å². The molecule has 0 atom stereocenters. The van der Waals surface area contributed by atoms with Gasteiger partial charge in [0, 0.05) is 11.1 Å². The van der Waals surface area contributed by atoms with Gasteiger partial charge in [-0.25, -0.2) is 4.98 Å². The highest BCUT2D eigenvalue weighted by molar-refractivity contribution is 7.15. The highest BCUT2D eigenvalue weighted by Crippen LogP contribution is 2.27. The Labute approximate surface area is 125 Å². The summed E-state index contributed by atoms with van der Waals surface area (Å²) in [5.74, 6) is -0.204. The molecular formula is C13H13ClN2O3S. The lowest BCUT2D eigenvalue weighted by Gasteiger charge is -2.11. The van der Waals surface area contributed by atoms with Crippen LogP contribution in [0.1, 0.15) is 10.4 Å². The van der Waals surface area contributed by atoms with Gasteiger partial charge in [-0.05, 0) is 17.7 Å². The number of halogens is 1. The fourth-order valence-corrected chi connectivity index (χ4v) is 2.64. The molecule has 0 spiro atoms. The summed E-state index contributed by atoms with van der Waals surface area (Å²) >= 11 is 7.17. The number of aromatic nitrogens is 1. The lowest BCUT2D eigenvalue weighted by atomic mass is 10.1. The van der Waals surface area contributed by atoms with Crippen LogP contribution >= 0.6 is 22.9 Å². The number of carboxylic acids is 1. The fraction of sp³-hybridized carbons (Fsp3) is 0.231. The Hall–Kier alpha value is -1.79. The molecule has 0 saturated heterocycles. The van der Waals surface area contributed by atoms with E-state index in [-0.39, 0.29) is 6.42 Å². The molecule has 0 bridgehead atoms. The average molecular weight is 313 g/mol. The third kappa shape index (κ3) is 3.85. The number of methoxy groups -OCH3 is 1. The van der Waals surface area contributed by atoms with E-state index in [4.69, 9.17) is 21.4 Å². The van der Waals surface area contributed by atoms with E-state index in [1.54, 1.807) is 31.5 Å². The van der Waals surface area contributed by atoms with Gasteiger partial charge in [-0.3, -0.25) is 4.79 Å². The van der Waals surface area contributed by atoms with E-state index in [0.29, 0.717) is 22.3 Å². The Bertz CT molecular complexity index is 615. The van der Waals surface area contributed by atoms with Crippen LogP contribution in [0.4, 0.5) is 5.69 Å². The van der Waals surface area contributed by atoms with Crippen LogP contribution in [0.2, 0.25) is 4.47 Å². The highest BCUT2D eigenvalue weighted by atomic mass is 35.5. The minimum absolute atomic E-state index is 0.0228. The van der Waals surface area contributed by atoms with Crippen LogP contribution in [0, 0.1) is 0 Å². The maximum Gasteiger partial charge on any atom is 0.307 e. The molecule has 2 N–H and O–H groups in total. The summed E-state index contributed by atoms with van der Waals surface area (Å²) in [6, 6.07) is 5.26. The summed E-state index contributed by atoms with van der Waals surface area (Å²) < 4.78 is 5.74. The second-order valence-corrected chi connectivity index (χ2v) is 5.74. The van der Waals surface area contributed by atoms with Gasteiger partial charge in [-0.2, -0.15) is 0 Å². The van der Waals surface area contributed by atoms with Crippen molar-refractivity contribution in [2.24, 2.45) is 0 Å². The van der Waals surface area contributed by atoms with Gasteiger partial charge >= 0.3 is 5.97 Å². The van der Waals surface area contributed by atoms with Crippen molar-refractivity contribution in [3.63, 3.8) is 0 Å². The number of thiazole rings is 1. The van der Waals surface area contributed by atoms with E-state index in [0.717, 1.165) is 10.6 Å². The van der Waals surface area contributed by atoms with Gasteiger partial charge in [0.25, 0.3) is 0 Å². The lowest BCUT2D eigenvalue weighted by molar-refractivity contribution is -0.136. The second kappa shape index (κ2) is 6.58. The first-order valence-electron chi connectivity index (χ1n) is 5.81. The standard InChI is InChI=1S/C13H13ClN2O3S/c1-19-11-3-2-8(5-12(17)18)4-10(11)15-6-9-7-16-13(14)20-9/h2-4,7,15H,5-6H2,1H3,(H,17,18). The van der Waals surface area contributed by atoms with Crippen molar-refractivity contribution < 1.29 is 14.6 Å². The number of anilines is 1. The number of carbonyl (C=O) groups is 1. The molecule has 0 aliphatic rings. The van der Waals surface area contributed by atoms with E-state index >= 15 is 0 Å². The van der Waals surface area contributed by atoms with Crippen molar-refractivity contribution in [3.05, 3.63) is 39.3 Å². The van der Waals surface area contributed by atoms with Crippen molar-refractivity contribution in [2.75, 3.05) is 12.4 Å². The minimum atomic E-state index is -0.865. The van der Waals surface area contributed by atoms with Gasteiger partial charge < -0.3 is 15.2 Å². The van der Waals surface area contributed by atoms with Gasteiger partial charge in [-0.1, -0.05) is 17.7 Å². The minimum Gasteiger partial charge on any atom is -0.495 e. The van der Waals surface area contributed by atoms with Crippen LogP contribution in [0.15, 0.2) is 24.4 Å². The number of carboxylic acid groups (broad SMARTS) is 1. The lowest BCUT2D eigenvalue weighted by Crippen LogP contribution is -2.04. The zero-order valence-corrected chi connectivity index (χ0v) is 12.3. The number of hydrogen-bond acceptors (Lipinski definition) is 5. The molecule has 0 fully saturated rings. The highest BCUT2D eigenvalue weighted by Gasteiger charge is 2.08. The maximum atomic E-state index is 10.7. The second-order valence-electron chi connectivity index (χ2n) is 4.04. The predicted octanol–water partition coefficient (Wildman–Crippen LogP) is 3.04. The van der Waals surface area contributed by atoms with Gasteiger partial charge in [-0.15, -0.1) is 11.3 Å². The number of hydrogen-bond donors (Lipinski definition) is 2. The molecule has 0 aliphatic heterocycles. The summed E-state index contributed by atoms with van der Waals surface area (Å²) in [7, 11) is 1.57. The summed E-state index contributed by atoms with van der Waals surface area (Å²) in [5.41, 5.74) is 1.46. The molecule has 20 heavy (non-hydrogen) atoms. The third-order valence-electron chi connectivity index (χ3n) is 2.60. The van der Waals surface area contributed by atoms with Crippen LogP contribution in [0.3, 0.4) is 0 Å². The Morgan fingerprint density at radius 2 is 2.35 bits per heavy atom. The Morgan fingerprint density at radius 1 is 1.55 bits per heavy atom. The first-order valence-corrected chi connectivity index (χ1v) is 7.00. The van der Waals surface area contributed by atoms with Crippen molar-refractivity contribution in [3.8, 4) is 5.75 Å². The van der Waals surface area contributed by atoms with Crippen molar-refractivity contribution in [1.82, 2.24) is 4.98 Å². The van der Waals surface area contributed by atoms with Gasteiger partial charge in [0.05, 0.1) is 25.8 Å². The molecule has 0 saturated carbocycles. The molecule has 2 aromatic rings. The van der Waals surface area contributed by atoms with Gasteiger partial charge in [0.2, 0.25) is 0 Å². The number of benzene rings is 1. The largest absolute Gasteiger partial charge is 0.495 e. The zero-order valence-electron chi connectivity index (χ0n) is 10.7. The van der Waals surface area contributed by atoms with E-state index < -0.39 is 5.97 Å². The molecular weight excluding hydrogens is 300 g/mol. The van der Waals surface area contributed by atoms with E-state index in [2.05, 4.69) is 10.3 Å². The first kappa shape index (κ1) is 14.6. The zero-order chi connectivity index (χ0) is 14.5. The van der Waals surface area contributed by atoms with Crippen LogP contribution in [-0.2, 0) is 17.8 Å². The smallest absolute Gasteiger partial charge is 0.307 e. The number of nitrogens with one attached hydrogen (secondary N) is 1. The van der Waals surface area contributed by atoms with Crippen molar-refractivity contribution in [2.45, 2.75) is 13.0 Å². The molecule has 0 radical (unpaired) electrons. The van der Waals surface area contributed by atoms with Gasteiger partial charge in [0.1, 0.15) is 5.75 Å². The Balaban J connectivity index is 2.13. The average Bonchev–Trinajstić information content (AvgIpc) is 2.82. The molecule has 0 amide bonds. The molecule has 106 valence electrons. The first-order chi connectivity index (χ1) is 9.58. The molecule has 7 heteroatoms. The molecule has 5 nitrogen and oxygen atoms in total. The third-order valence-corrected chi connectivity index (χ3v) is 3.71.